The van der Waals surface area contributed by atoms with Gasteiger partial charge in [-0.25, -0.2) is 4.79 Å². The van der Waals surface area contributed by atoms with Crippen LogP contribution in [0.25, 0.3) is 0 Å². The summed E-state index contributed by atoms with van der Waals surface area (Å²) in [4.78, 5) is 26.1. The highest BCUT2D eigenvalue weighted by molar-refractivity contribution is 7.14. The number of rotatable bonds is 6. The lowest BCUT2D eigenvalue weighted by Crippen LogP contribution is -2.32. The molecular weight excluding hydrogens is 334 g/mol. The van der Waals surface area contributed by atoms with Crippen molar-refractivity contribution in [2.24, 2.45) is 0 Å². The van der Waals surface area contributed by atoms with E-state index in [1.807, 2.05) is 44.2 Å². The van der Waals surface area contributed by atoms with E-state index in [4.69, 9.17) is 4.74 Å². The minimum atomic E-state index is -0.405. The van der Waals surface area contributed by atoms with Crippen LogP contribution in [0.5, 0.6) is 0 Å². The van der Waals surface area contributed by atoms with Gasteiger partial charge in [-0.1, -0.05) is 36.8 Å². The van der Waals surface area contributed by atoms with Crippen LogP contribution in [0.1, 0.15) is 57.0 Å². The minimum Gasteiger partial charge on any atom is -0.451 e. The highest BCUT2D eigenvalue weighted by Gasteiger charge is 2.20. The third-order valence-corrected chi connectivity index (χ3v) is 5.72. The van der Waals surface area contributed by atoms with E-state index in [9.17, 15) is 9.59 Å². The van der Waals surface area contributed by atoms with Gasteiger partial charge in [0, 0.05) is 4.88 Å². The topological polar surface area (TPSA) is 55.4 Å². The number of nitrogens with one attached hydrogen (secondary N) is 1. The van der Waals surface area contributed by atoms with Crippen molar-refractivity contribution in [2.75, 3.05) is 6.61 Å². The molecule has 0 fully saturated rings. The van der Waals surface area contributed by atoms with E-state index in [2.05, 4.69) is 5.32 Å². The highest BCUT2D eigenvalue weighted by atomic mass is 32.1. The molecule has 0 unspecified atom stereocenters. The molecule has 1 aromatic carbocycles. The standard InChI is InChI=1S/C20H23NO3S/c1-3-16(14-9-7-13(2)8-10-14)21-19(22)12-24-20(23)18-11-15-5-4-6-17(15)25-18/h7-11,16H,3-6,12H2,1-2H3,(H,21,22)/t16-/m1/s1. The molecule has 0 saturated carbocycles. The number of fused-ring (bicyclic) bond motifs is 1. The fourth-order valence-electron chi connectivity index (χ4n) is 3.09. The smallest absolute Gasteiger partial charge is 0.348 e. The van der Waals surface area contributed by atoms with E-state index in [1.54, 1.807) is 0 Å². The number of hydrogen-bond acceptors (Lipinski definition) is 4. The largest absolute Gasteiger partial charge is 0.451 e. The van der Waals surface area contributed by atoms with Gasteiger partial charge in [-0.05, 0) is 49.8 Å². The summed E-state index contributed by atoms with van der Waals surface area (Å²) in [7, 11) is 0. The van der Waals surface area contributed by atoms with Crippen molar-refractivity contribution in [1.29, 1.82) is 0 Å². The van der Waals surface area contributed by atoms with Crippen molar-refractivity contribution >= 4 is 23.2 Å². The molecule has 0 aliphatic heterocycles. The third kappa shape index (κ3) is 4.28. The van der Waals surface area contributed by atoms with Gasteiger partial charge < -0.3 is 10.1 Å². The molecular formula is C20H23NO3S. The SMILES string of the molecule is CC[C@@H](NC(=O)COC(=O)c1cc2c(s1)CCC2)c1ccc(C)cc1. The van der Waals surface area contributed by atoms with Crippen molar-refractivity contribution < 1.29 is 14.3 Å². The Balaban J connectivity index is 1.52. The number of esters is 1. The zero-order chi connectivity index (χ0) is 17.8. The van der Waals surface area contributed by atoms with E-state index >= 15 is 0 Å². The van der Waals surface area contributed by atoms with Crippen molar-refractivity contribution in [3.8, 4) is 0 Å². The van der Waals surface area contributed by atoms with Gasteiger partial charge in [0.25, 0.3) is 5.91 Å². The number of carbonyl (C=O) groups is 2. The lowest BCUT2D eigenvalue weighted by atomic mass is 10.0. The third-order valence-electron chi connectivity index (χ3n) is 4.51. The maximum absolute atomic E-state index is 12.1. The number of carbonyl (C=O) groups excluding carboxylic acids is 2. The average Bonchev–Trinajstić information content (AvgIpc) is 3.20. The predicted molar refractivity (Wildman–Crippen MR) is 99.0 cm³/mol. The Morgan fingerprint density at radius 2 is 2.00 bits per heavy atom. The molecule has 1 heterocycles. The van der Waals surface area contributed by atoms with E-state index in [1.165, 1.54) is 27.3 Å². The van der Waals surface area contributed by atoms with Crippen molar-refractivity contribution in [3.05, 3.63) is 56.8 Å². The average molecular weight is 357 g/mol. The Bertz CT molecular complexity index is 742. The van der Waals surface area contributed by atoms with Crippen LogP contribution in [0.15, 0.2) is 30.3 Å². The molecule has 1 atom stereocenters. The van der Waals surface area contributed by atoms with Crippen LogP contribution < -0.4 is 5.32 Å². The maximum Gasteiger partial charge on any atom is 0.348 e. The fraction of sp³-hybridized carbons (Fsp3) is 0.400. The van der Waals surface area contributed by atoms with Crippen LogP contribution in [-0.2, 0) is 22.4 Å². The van der Waals surface area contributed by atoms with E-state index in [0.717, 1.165) is 31.2 Å². The summed E-state index contributed by atoms with van der Waals surface area (Å²) < 4.78 is 5.19. The summed E-state index contributed by atoms with van der Waals surface area (Å²) in [6, 6.07) is 9.93. The Kier molecular flexibility index (Phi) is 5.53. The second kappa shape index (κ2) is 7.83. The molecule has 3 rings (SSSR count). The molecule has 1 aliphatic carbocycles. The predicted octanol–water partition coefficient (Wildman–Crippen LogP) is 3.97. The second-order valence-electron chi connectivity index (χ2n) is 6.43. The molecule has 0 saturated heterocycles. The molecule has 1 aliphatic rings. The number of thiophene rings is 1. The van der Waals surface area contributed by atoms with Crippen LogP contribution in [0.4, 0.5) is 0 Å². The van der Waals surface area contributed by atoms with Crippen LogP contribution >= 0.6 is 11.3 Å². The Hall–Kier alpha value is -2.14. The Morgan fingerprint density at radius 3 is 2.68 bits per heavy atom. The molecule has 4 nitrogen and oxygen atoms in total. The maximum atomic E-state index is 12.1. The molecule has 1 aromatic heterocycles. The van der Waals surface area contributed by atoms with Gasteiger partial charge in [0.15, 0.2) is 6.61 Å². The van der Waals surface area contributed by atoms with Gasteiger partial charge in [0.1, 0.15) is 4.88 Å². The van der Waals surface area contributed by atoms with Crippen molar-refractivity contribution in [2.45, 2.75) is 45.6 Å². The molecule has 1 N–H and O–H groups in total. The molecule has 0 bridgehead atoms. The Morgan fingerprint density at radius 1 is 1.24 bits per heavy atom. The molecule has 25 heavy (non-hydrogen) atoms. The van der Waals surface area contributed by atoms with Gasteiger partial charge in [-0.3, -0.25) is 4.79 Å². The first-order valence-corrected chi connectivity index (χ1v) is 9.53. The normalized spacial score (nSPS) is 14.0. The van der Waals surface area contributed by atoms with Crippen molar-refractivity contribution in [1.82, 2.24) is 5.32 Å². The molecule has 132 valence electrons. The fourth-order valence-corrected chi connectivity index (χ4v) is 4.24. The summed E-state index contributed by atoms with van der Waals surface area (Å²) in [6.07, 6.45) is 4.02. The summed E-state index contributed by atoms with van der Waals surface area (Å²) in [5.74, 6) is -0.678. The first kappa shape index (κ1) is 17.7. The second-order valence-corrected chi connectivity index (χ2v) is 7.56. The number of amides is 1. The van der Waals surface area contributed by atoms with Crippen molar-refractivity contribution in [3.63, 3.8) is 0 Å². The van der Waals surface area contributed by atoms with Crippen LogP contribution in [0, 0.1) is 6.92 Å². The van der Waals surface area contributed by atoms with Crippen LogP contribution in [0.3, 0.4) is 0 Å². The quantitative estimate of drug-likeness (QED) is 0.796. The zero-order valence-corrected chi connectivity index (χ0v) is 15.4. The van der Waals surface area contributed by atoms with E-state index < -0.39 is 5.97 Å². The molecule has 2 aromatic rings. The number of aryl methyl sites for hydroxylation is 3. The Labute approximate surface area is 152 Å². The minimum absolute atomic E-state index is 0.0719. The van der Waals surface area contributed by atoms with Crippen LogP contribution in [-0.4, -0.2) is 18.5 Å². The monoisotopic (exact) mass is 357 g/mol. The first-order valence-electron chi connectivity index (χ1n) is 8.71. The van der Waals surface area contributed by atoms with Gasteiger partial charge in [0.2, 0.25) is 0 Å². The van der Waals surface area contributed by atoms with E-state index in [0.29, 0.717) is 4.88 Å². The van der Waals surface area contributed by atoms with E-state index in [-0.39, 0.29) is 18.6 Å². The number of ether oxygens (including phenoxy) is 1. The van der Waals surface area contributed by atoms with Gasteiger partial charge in [0.05, 0.1) is 6.04 Å². The summed E-state index contributed by atoms with van der Waals surface area (Å²) in [6.45, 7) is 3.80. The lowest BCUT2D eigenvalue weighted by Gasteiger charge is -2.17. The molecule has 1 amide bonds. The zero-order valence-electron chi connectivity index (χ0n) is 14.6. The number of hydrogen-bond donors (Lipinski definition) is 1. The van der Waals surface area contributed by atoms with Gasteiger partial charge in [-0.15, -0.1) is 11.3 Å². The van der Waals surface area contributed by atoms with Gasteiger partial charge >= 0.3 is 5.97 Å². The first-order chi connectivity index (χ1) is 12.1. The highest BCUT2D eigenvalue weighted by Crippen LogP contribution is 2.30. The van der Waals surface area contributed by atoms with Crippen LogP contribution in [0.2, 0.25) is 0 Å². The summed E-state index contributed by atoms with van der Waals surface area (Å²) >= 11 is 1.49. The molecule has 5 heteroatoms. The van der Waals surface area contributed by atoms with Gasteiger partial charge in [-0.2, -0.15) is 0 Å². The molecule has 0 spiro atoms. The lowest BCUT2D eigenvalue weighted by molar-refractivity contribution is -0.125. The molecule has 0 radical (unpaired) electrons. The summed E-state index contributed by atoms with van der Waals surface area (Å²) in [5.41, 5.74) is 3.50. The number of benzene rings is 1. The summed E-state index contributed by atoms with van der Waals surface area (Å²) in [5, 5.41) is 2.94.